The van der Waals surface area contributed by atoms with Gasteiger partial charge < -0.3 is 25.0 Å². The first-order valence-corrected chi connectivity index (χ1v) is 10.7. The zero-order chi connectivity index (χ0) is 24.3. The number of amides is 1. The number of hydrogen-bond donors (Lipinski definition) is 3. The molecule has 3 aromatic rings. The first-order valence-electron chi connectivity index (χ1n) is 10.7. The number of carbonyl (C=O) groups excluding carboxylic acids is 1. The fourth-order valence-corrected chi connectivity index (χ4v) is 3.18. The van der Waals surface area contributed by atoms with Gasteiger partial charge in [-0.3, -0.25) is 9.59 Å². The van der Waals surface area contributed by atoms with Crippen LogP contribution in [0.5, 0.6) is 11.5 Å². The van der Waals surface area contributed by atoms with Crippen molar-refractivity contribution in [3.63, 3.8) is 0 Å². The van der Waals surface area contributed by atoms with E-state index in [0.717, 1.165) is 11.1 Å². The second-order valence-corrected chi connectivity index (χ2v) is 7.48. The average molecular weight is 463 g/mol. The van der Waals surface area contributed by atoms with Gasteiger partial charge in [0.1, 0.15) is 19.3 Å². The number of aliphatic carboxylic acids is 2. The van der Waals surface area contributed by atoms with Crippen LogP contribution in [-0.2, 0) is 22.8 Å². The van der Waals surface area contributed by atoms with Gasteiger partial charge in [-0.2, -0.15) is 0 Å². The van der Waals surface area contributed by atoms with Gasteiger partial charge in [0.15, 0.2) is 11.5 Å². The molecule has 34 heavy (non-hydrogen) atoms. The number of para-hydroxylation sites is 1. The molecule has 3 rings (SSSR count). The van der Waals surface area contributed by atoms with Crippen molar-refractivity contribution in [1.82, 2.24) is 5.32 Å². The Morgan fingerprint density at radius 3 is 1.91 bits per heavy atom. The Morgan fingerprint density at radius 2 is 1.35 bits per heavy atom. The van der Waals surface area contributed by atoms with Crippen LogP contribution in [0, 0.1) is 0 Å². The number of carbonyl (C=O) groups is 3. The molecule has 0 aliphatic rings. The van der Waals surface area contributed by atoms with E-state index in [2.05, 4.69) is 5.32 Å². The highest BCUT2D eigenvalue weighted by atomic mass is 16.5. The molecule has 0 saturated carbocycles. The van der Waals surface area contributed by atoms with Crippen molar-refractivity contribution in [2.24, 2.45) is 0 Å². The number of carboxylic acids is 2. The number of benzene rings is 3. The average Bonchev–Trinajstić information content (AvgIpc) is 2.85. The summed E-state index contributed by atoms with van der Waals surface area (Å²) in [6, 6.07) is 22.2. The zero-order valence-electron chi connectivity index (χ0n) is 18.3. The summed E-state index contributed by atoms with van der Waals surface area (Å²) in [7, 11) is 0. The number of nitrogens with one attached hydrogen (secondary N) is 1. The fraction of sp³-hybridized carbons (Fsp3) is 0.192. The summed E-state index contributed by atoms with van der Waals surface area (Å²) in [6.07, 6.45) is -0.643. The van der Waals surface area contributed by atoms with E-state index >= 15 is 0 Å². The van der Waals surface area contributed by atoms with E-state index in [0.29, 0.717) is 5.75 Å². The summed E-state index contributed by atoms with van der Waals surface area (Å²) in [4.78, 5) is 35.4. The van der Waals surface area contributed by atoms with E-state index in [1.54, 1.807) is 12.1 Å². The highest BCUT2D eigenvalue weighted by Gasteiger charge is 2.25. The first kappa shape index (κ1) is 24.3. The number of hydrogen-bond acceptors (Lipinski definition) is 5. The van der Waals surface area contributed by atoms with E-state index in [-0.39, 0.29) is 30.9 Å². The maximum absolute atomic E-state index is 13.0. The number of ether oxygens (including phenoxy) is 2. The first-order chi connectivity index (χ1) is 16.4. The summed E-state index contributed by atoms with van der Waals surface area (Å²) < 4.78 is 11.9. The van der Waals surface area contributed by atoms with Crippen LogP contribution in [0.15, 0.2) is 78.9 Å². The Balaban J connectivity index is 1.85. The van der Waals surface area contributed by atoms with Crippen molar-refractivity contribution in [1.29, 1.82) is 0 Å². The van der Waals surface area contributed by atoms with Gasteiger partial charge in [-0.1, -0.05) is 66.7 Å². The monoisotopic (exact) mass is 463 g/mol. The van der Waals surface area contributed by atoms with Gasteiger partial charge in [-0.15, -0.1) is 0 Å². The Kier molecular flexibility index (Phi) is 8.62. The second-order valence-electron chi connectivity index (χ2n) is 7.48. The van der Waals surface area contributed by atoms with Crippen LogP contribution in [-0.4, -0.2) is 34.1 Å². The van der Waals surface area contributed by atoms with Crippen LogP contribution in [0.25, 0.3) is 0 Å². The van der Waals surface area contributed by atoms with Gasteiger partial charge in [-0.05, 0) is 29.7 Å². The number of rotatable bonds is 12. The molecular weight excluding hydrogens is 438 g/mol. The van der Waals surface area contributed by atoms with Crippen molar-refractivity contribution in [2.75, 3.05) is 0 Å². The van der Waals surface area contributed by atoms with Gasteiger partial charge in [0.2, 0.25) is 0 Å². The molecule has 0 aliphatic heterocycles. The predicted octanol–water partition coefficient (Wildman–Crippen LogP) is 3.89. The molecule has 0 unspecified atom stereocenters. The largest absolute Gasteiger partial charge is 0.485 e. The lowest BCUT2D eigenvalue weighted by atomic mass is 10.1. The quantitative estimate of drug-likeness (QED) is 0.372. The van der Waals surface area contributed by atoms with E-state index in [1.165, 1.54) is 6.07 Å². The van der Waals surface area contributed by atoms with Crippen molar-refractivity contribution >= 4 is 17.8 Å². The number of carboxylic acid groups (broad SMARTS) is 2. The molecule has 1 amide bonds. The third-order valence-corrected chi connectivity index (χ3v) is 4.94. The van der Waals surface area contributed by atoms with E-state index < -0.39 is 30.3 Å². The molecule has 0 bridgehead atoms. The molecule has 0 aliphatic carbocycles. The van der Waals surface area contributed by atoms with Crippen molar-refractivity contribution in [3.8, 4) is 11.5 Å². The van der Waals surface area contributed by atoms with Crippen molar-refractivity contribution < 1.29 is 34.1 Å². The van der Waals surface area contributed by atoms with Gasteiger partial charge in [-0.25, -0.2) is 4.79 Å². The topological polar surface area (TPSA) is 122 Å². The van der Waals surface area contributed by atoms with Crippen LogP contribution in [0.1, 0.15) is 34.3 Å². The standard InChI is InChI=1S/C26H25NO7/c28-23(29)15-14-21(26(31)32)27-25(30)20-12-7-13-22(33-16-18-8-3-1-4-9-18)24(20)34-17-19-10-5-2-6-11-19/h1-13,21H,14-17H2,(H,27,30)(H,28,29)(H,31,32)/t21-/m0/s1. The molecule has 0 aromatic heterocycles. The minimum atomic E-state index is -1.36. The molecule has 1 atom stereocenters. The highest BCUT2D eigenvalue weighted by Crippen LogP contribution is 2.33. The third-order valence-electron chi connectivity index (χ3n) is 4.94. The molecular formula is C26H25NO7. The van der Waals surface area contributed by atoms with Crippen LogP contribution >= 0.6 is 0 Å². The van der Waals surface area contributed by atoms with E-state index in [4.69, 9.17) is 14.6 Å². The predicted molar refractivity (Wildman–Crippen MR) is 124 cm³/mol. The summed E-state index contributed by atoms with van der Waals surface area (Å²) in [5.74, 6) is -2.68. The third kappa shape index (κ3) is 7.09. The van der Waals surface area contributed by atoms with Crippen LogP contribution < -0.4 is 14.8 Å². The van der Waals surface area contributed by atoms with Crippen LogP contribution in [0.2, 0.25) is 0 Å². The maximum Gasteiger partial charge on any atom is 0.326 e. The van der Waals surface area contributed by atoms with E-state index in [9.17, 15) is 19.5 Å². The molecule has 3 aromatic carbocycles. The molecule has 0 heterocycles. The lowest BCUT2D eigenvalue weighted by molar-refractivity contribution is -0.140. The summed E-state index contributed by atoms with van der Waals surface area (Å²) >= 11 is 0. The van der Waals surface area contributed by atoms with Gasteiger partial charge >= 0.3 is 11.9 Å². The van der Waals surface area contributed by atoms with Gasteiger partial charge in [0.25, 0.3) is 5.91 Å². The van der Waals surface area contributed by atoms with Crippen LogP contribution in [0.3, 0.4) is 0 Å². The molecule has 0 fully saturated rings. The lowest BCUT2D eigenvalue weighted by Gasteiger charge is -2.18. The molecule has 0 saturated heterocycles. The Bertz CT molecular complexity index is 1120. The fourth-order valence-electron chi connectivity index (χ4n) is 3.18. The molecule has 176 valence electrons. The summed E-state index contributed by atoms with van der Waals surface area (Å²) in [5.41, 5.74) is 1.88. The molecule has 0 radical (unpaired) electrons. The van der Waals surface area contributed by atoms with E-state index in [1.807, 2.05) is 60.7 Å². The minimum absolute atomic E-state index is 0.0862. The summed E-state index contributed by atoms with van der Waals surface area (Å²) in [5, 5.41) is 20.7. The molecule has 3 N–H and O–H groups in total. The summed E-state index contributed by atoms with van der Waals surface area (Å²) in [6.45, 7) is 0.401. The lowest BCUT2D eigenvalue weighted by Crippen LogP contribution is -2.41. The highest BCUT2D eigenvalue weighted by molar-refractivity contribution is 5.99. The molecule has 0 spiro atoms. The normalized spacial score (nSPS) is 11.3. The second kappa shape index (κ2) is 12.1. The van der Waals surface area contributed by atoms with Gasteiger partial charge in [0.05, 0.1) is 5.56 Å². The van der Waals surface area contributed by atoms with Gasteiger partial charge in [0, 0.05) is 6.42 Å². The Hall–Kier alpha value is -4.33. The SMILES string of the molecule is O=C(O)CC[C@H](NC(=O)c1cccc(OCc2ccccc2)c1OCc1ccccc1)C(=O)O. The smallest absolute Gasteiger partial charge is 0.326 e. The Labute approximate surface area is 196 Å². The minimum Gasteiger partial charge on any atom is -0.485 e. The maximum atomic E-state index is 13.0. The van der Waals surface area contributed by atoms with Crippen molar-refractivity contribution in [2.45, 2.75) is 32.1 Å². The van der Waals surface area contributed by atoms with Crippen LogP contribution in [0.4, 0.5) is 0 Å². The zero-order valence-corrected chi connectivity index (χ0v) is 18.3. The Morgan fingerprint density at radius 1 is 0.765 bits per heavy atom. The van der Waals surface area contributed by atoms with Crippen molar-refractivity contribution in [3.05, 3.63) is 95.6 Å². The molecule has 8 heteroatoms. The molecule has 8 nitrogen and oxygen atoms in total.